The van der Waals surface area contributed by atoms with Gasteiger partial charge in [0.1, 0.15) is 32.3 Å². The third-order valence-corrected chi connectivity index (χ3v) is 41.2. The molecule has 0 bridgehead atoms. The van der Waals surface area contributed by atoms with E-state index in [-0.39, 0.29) is 0 Å². The molecular formula is C102H84N2Si4. The van der Waals surface area contributed by atoms with E-state index in [0.29, 0.717) is 0 Å². The summed E-state index contributed by atoms with van der Waals surface area (Å²) in [5.74, 6) is 0. The molecule has 17 aromatic rings. The molecule has 108 heavy (non-hydrogen) atoms. The SMILES string of the molecule is C[Si](c1ccccc1)(c1ccccc1)c1ccc(N(c2ccc(-c3c4ccccc4c(-c4ccc(N(c5ccc([Si](C)(c6ccccc6)c6ccccc6)cc5)c5ccc([Si](C)(c6ccccc6)c6ccccc6)cc5)cc4)c4ccccc34)cc2)c2ccc([Si](C)(c3ccccc3)c3ccccc3)cc2)cc1. The van der Waals surface area contributed by atoms with Crippen LogP contribution in [0.25, 0.3) is 43.8 Å². The largest absolute Gasteiger partial charge is 0.311 e. The summed E-state index contributed by atoms with van der Waals surface area (Å²) in [7, 11) is -9.59. The number of nitrogens with zero attached hydrogens (tertiary/aromatic N) is 2. The highest BCUT2D eigenvalue weighted by molar-refractivity contribution is 7.12. The monoisotopic (exact) mass is 1450 g/mol. The Kier molecular flexibility index (Phi) is 18.8. The van der Waals surface area contributed by atoms with Gasteiger partial charge in [0, 0.05) is 34.1 Å². The van der Waals surface area contributed by atoms with Crippen molar-refractivity contribution in [3.8, 4) is 22.3 Å². The Hall–Kier alpha value is -12.3. The summed E-state index contributed by atoms with van der Waals surface area (Å²) < 4.78 is 0. The van der Waals surface area contributed by atoms with Gasteiger partial charge in [-0.25, -0.2) is 0 Å². The van der Waals surface area contributed by atoms with Gasteiger partial charge in [0.15, 0.2) is 0 Å². The van der Waals surface area contributed by atoms with Crippen LogP contribution in [0.15, 0.2) is 437 Å². The van der Waals surface area contributed by atoms with Crippen molar-refractivity contribution < 1.29 is 0 Å². The van der Waals surface area contributed by atoms with Gasteiger partial charge in [0.05, 0.1) is 0 Å². The number of fused-ring (bicyclic) bond motifs is 2. The molecule has 0 fully saturated rings. The first-order valence-corrected chi connectivity index (χ1v) is 47.7. The molecule has 0 amide bonds. The Bertz CT molecular complexity index is 5050. The van der Waals surface area contributed by atoms with Gasteiger partial charge in [-0.2, -0.15) is 0 Å². The molecule has 0 aliphatic heterocycles. The highest BCUT2D eigenvalue weighted by Gasteiger charge is 2.38. The molecule has 6 heteroatoms. The average Bonchev–Trinajstić information content (AvgIpc) is 0.675. The van der Waals surface area contributed by atoms with Gasteiger partial charge in [0.2, 0.25) is 0 Å². The van der Waals surface area contributed by atoms with E-state index in [1.807, 2.05) is 0 Å². The van der Waals surface area contributed by atoms with Crippen LogP contribution < -0.4 is 72.0 Å². The van der Waals surface area contributed by atoms with Crippen molar-refractivity contribution in [3.05, 3.63) is 437 Å². The van der Waals surface area contributed by atoms with E-state index in [9.17, 15) is 0 Å². The van der Waals surface area contributed by atoms with E-state index in [0.717, 1.165) is 45.3 Å². The second-order valence-electron chi connectivity index (χ2n) is 29.2. The maximum absolute atomic E-state index is 2.50. The van der Waals surface area contributed by atoms with Crippen LogP contribution in [0.2, 0.25) is 26.2 Å². The van der Waals surface area contributed by atoms with E-state index in [4.69, 9.17) is 0 Å². The van der Waals surface area contributed by atoms with E-state index < -0.39 is 32.3 Å². The summed E-state index contributed by atoms with van der Waals surface area (Å²) in [4.78, 5) is 4.90. The zero-order chi connectivity index (χ0) is 73.1. The molecule has 2 nitrogen and oxygen atoms in total. The summed E-state index contributed by atoms with van der Waals surface area (Å²) in [5.41, 5.74) is 11.4. The predicted molar refractivity (Wildman–Crippen MR) is 475 cm³/mol. The van der Waals surface area contributed by atoms with Gasteiger partial charge >= 0.3 is 0 Å². The van der Waals surface area contributed by atoms with E-state index in [1.54, 1.807) is 0 Å². The first kappa shape index (κ1) is 68.8. The normalized spacial score (nSPS) is 11.9. The fourth-order valence-electron chi connectivity index (χ4n) is 17.1. The van der Waals surface area contributed by atoms with Crippen molar-refractivity contribution in [2.24, 2.45) is 0 Å². The van der Waals surface area contributed by atoms with Crippen molar-refractivity contribution >= 4 is 150 Å². The molecule has 0 unspecified atom stereocenters. The number of hydrogen-bond acceptors (Lipinski definition) is 2. The van der Waals surface area contributed by atoms with Gasteiger partial charge in [-0.05, 0) is 179 Å². The zero-order valence-corrected chi connectivity index (χ0v) is 65.5. The average molecular weight is 1450 g/mol. The molecule has 17 aromatic carbocycles. The minimum Gasteiger partial charge on any atom is -0.311 e. The second kappa shape index (κ2) is 29.6. The summed E-state index contributed by atoms with van der Waals surface area (Å²) >= 11 is 0. The second-order valence-corrected chi connectivity index (χ2v) is 45.1. The summed E-state index contributed by atoms with van der Waals surface area (Å²) in [6, 6.07) is 164. The lowest BCUT2D eigenvalue weighted by molar-refractivity contribution is 1.29. The third kappa shape index (κ3) is 12.5. The molecule has 0 saturated carbocycles. The lowest BCUT2D eigenvalue weighted by atomic mass is 9.86. The van der Waals surface area contributed by atoms with Crippen LogP contribution in [0.3, 0.4) is 0 Å². The minimum absolute atomic E-state index is 1.09. The quantitative estimate of drug-likeness (QED) is 0.0426. The summed E-state index contributed by atoms with van der Waals surface area (Å²) in [6.45, 7) is 9.99. The smallest absolute Gasteiger partial charge is 0.145 e. The molecular weight excluding hydrogens is 1370 g/mol. The van der Waals surface area contributed by atoms with E-state index in [2.05, 4.69) is 473 Å². The molecule has 0 spiro atoms. The number of benzene rings is 17. The van der Waals surface area contributed by atoms with Gasteiger partial charge < -0.3 is 9.80 Å². The maximum atomic E-state index is 2.50. The Labute approximate surface area is 640 Å². The predicted octanol–water partition coefficient (Wildman–Crippen LogP) is 18.7. The number of anilines is 6. The highest BCUT2D eigenvalue weighted by atomic mass is 28.3. The van der Waals surface area contributed by atoms with Gasteiger partial charge in [0.25, 0.3) is 0 Å². The molecule has 0 radical (unpaired) electrons. The van der Waals surface area contributed by atoms with Crippen LogP contribution in [-0.4, -0.2) is 32.3 Å². The number of hydrogen-bond donors (Lipinski definition) is 0. The lowest BCUT2D eigenvalue weighted by Gasteiger charge is -2.32. The zero-order valence-electron chi connectivity index (χ0n) is 61.5. The van der Waals surface area contributed by atoms with Crippen LogP contribution in [-0.2, 0) is 0 Å². The minimum atomic E-state index is -2.40. The van der Waals surface area contributed by atoms with Crippen LogP contribution >= 0.6 is 0 Å². The first-order valence-electron chi connectivity index (χ1n) is 37.7. The molecule has 17 rings (SSSR count). The Balaban J connectivity index is 0.758. The summed E-state index contributed by atoms with van der Waals surface area (Å²) in [5, 5.41) is 21.4. The van der Waals surface area contributed by atoms with Crippen molar-refractivity contribution in [1.29, 1.82) is 0 Å². The molecule has 0 saturated heterocycles. The van der Waals surface area contributed by atoms with Gasteiger partial charge in [-0.15, -0.1) is 0 Å². The van der Waals surface area contributed by atoms with Crippen LogP contribution in [0.5, 0.6) is 0 Å². The molecule has 0 N–H and O–H groups in total. The standard InChI is InChI=1S/C102H84N2Si4/c1-105(85-33-13-5-14-34-85,86-35-15-6-16-36-86)93-69-61-81(62-70-93)103(82-63-71-94(72-64-82)106(2,87-37-17-7-18-38-87)88-39-19-8-20-40-88)79-57-53-77(54-58-79)101-97-49-29-31-51-99(97)102(100-52-32-30-50-98(100)101)78-55-59-80(60-56-78)104(83-65-73-95(74-66-83)107(3,89-41-21-9-22-42-89)90-43-23-10-24-44-90)84-67-75-96(76-68-84)108(4,91-45-25-11-26-46-91)92-47-27-12-28-48-92/h5-76H,1-4H3. The Morgan fingerprint density at radius 1 is 0.139 bits per heavy atom. The fourth-order valence-corrected chi connectivity index (χ4v) is 31.4. The highest BCUT2D eigenvalue weighted by Crippen LogP contribution is 2.46. The lowest BCUT2D eigenvalue weighted by Crippen LogP contribution is -2.64. The third-order valence-electron chi connectivity index (χ3n) is 23.4. The molecule has 0 heterocycles. The molecule has 0 aliphatic rings. The van der Waals surface area contributed by atoms with E-state index >= 15 is 0 Å². The first-order chi connectivity index (χ1) is 53.1. The van der Waals surface area contributed by atoms with Crippen molar-refractivity contribution in [2.45, 2.75) is 26.2 Å². The molecule has 0 aliphatic carbocycles. The van der Waals surface area contributed by atoms with Crippen molar-refractivity contribution in [1.82, 2.24) is 0 Å². The molecule has 518 valence electrons. The van der Waals surface area contributed by atoms with Crippen molar-refractivity contribution in [3.63, 3.8) is 0 Å². The molecule has 0 atom stereocenters. The number of rotatable bonds is 20. The fraction of sp³-hybridized carbons (Fsp3) is 0.0392. The van der Waals surface area contributed by atoms with E-state index in [1.165, 1.54) is 94.9 Å². The van der Waals surface area contributed by atoms with Gasteiger partial charge in [-0.1, -0.05) is 390 Å². The van der Waals surface area contributed by atoms with Crippen LogP contribution in [0.1, 0.15) is 0 Å². The maximum Gasteiger partial charge on any atom is 0.145 e. The van der Waals surface area contributed by atoms with Crippen LogP contribution in [0, 0.1) is 0 Å². The Morgan fingerprint density at radius 2 is 0.269 bits per heavy atom. The van der Waals surface area contributed by atoms with Gasteiger partial charge in [-0.3, -0.25) is 0 Å². The topological polar surface area (TPSA) is 6.48 Å². The molecule has 0 aromatic heterocycles. The summed E-state index contributed by atoms with van der Waals surface area (Å²) in [6.07, 6.45) is 0. The Morgan fingerprint density at radius 3 is 0.426 bits per heavy atom. The van der Waals surface area contributed by atoms with Crippen molar-refractivity contribution in [2.75, 3.05) is 9.80 Å². The van der Waals surface area contributed by atoms with Crippen LogP contribution in [0.4, 0.5) is 34.1 Å².